The van der Waals surface area contributed by atoms with Crippen molar-refractivity contribution in [1.82, 2.24) is 0 Å². The molecule has 0 atom stereocenters. The van der Waals surface area contributed by atoms with Crippen LogP contribution in [0.5, 0.6) is 0 Å². The summed E-state index contributed by atoms with van der Waals surface area (Å²) in [6.45, 7) is 2.04. The van der Waals surface area contributed by atoms with Gasteiger partial charge in [-0.15, -0.1) is 0 Å². The minimum Gasteiger partial charge on any atom is -0.289 e. The van der Waals surface area contributed by atoms with Crippen molar-refractivity contribution in [1.29, 1.82) is 0 Å². The Labute approximate surface area is 106 Å². The van der Waals surface area contributed by atoms with Crippen LogP contribution in [0.2, 0.25) is 5.02 Å². The minimum absolute atomic E-state index is 0.00644. The van der Waals surface area contributed by atoms with Gasteiger partial charge in [-0.3, -0.25) is 4.79 Å². The summed E-state index contributed by atoms with van der Waals surface area (Å²) in [4.78, 5) is 12.4. The number of carbonyl (C=O) groups is 1. The van der Waals surface area contributed by atoms with Crippen LogP contribution < -0.4 is 0 Å². The molecule has 86 valence electrons. The zero-order valence-electron chi connectivity index (χ0n) is 9.61. The van der Waals surface area contributed by atoms with Crippen molar-refractivity contribution in [2.24, 2.45) is 0 Å². The molecule has 2 aromatic rings. The normalized spacial score (nSPS) is 10.2. The lowest BCUT2D eigenvalue weighted by molar-refractivity contribution is 0.103. The van der Waals surface area contributed by atoms with Gasteiger partial charge < -0.3 is 0 Å². The van der Waals surface area contributed by atoms with Crippen LogP contribution in [0, 0.1) is 0 Å². The molecule has 1 nitrogen and oxygen atoms in total. The smallest absolute Gasteiger partial charge is 0.194 e. The van der Waals surface area contributed by atoms with E-state index in [9.17, 15) is 4.79 Å². The van der Waals surface area contributed by atoms with E-state index in [2.05, 4.69) is 0 Å². The fourth-order valence-corrected chi connectivity index (χ4v) is 2.06. The van der Waals surface area contributed by atoms with E-state index in [0.29, 0.717) is 10.6 Å². The first-order valence-electron chi connectivity index (χ1n) is 5.61. The van der Waals surface area contributed by atoms with Gasteiger partial charge in [-0.2, -0.15) is 0 Å². The Morgan fingerprint density at radius 3 is 2.24 bits per heavy atom. The van der Waals surface area contributed by atoms with Gasteiger partial charge in [0.25, 0.3) is 0 Å². The van der Waals surface area contributed by atoms with Gasteiger partial charge in [-0.1, -0.05) is 54.9 Å². The van der Waals surface area contributed by atoms with E-state index < -0.39 is 0 Å². The van der Waals surface area contributed by atoms with Crippen molar-refractivity contribution in [2.45, 2.75) is 13.3 Å². The van der Waals surface area contributed by atoms with Crippen molar-refractivity contribution < 1.29 is 4.79 Å². The summed E-state index contributed by atoms with van der Waals surface area (Å²) in [6.07, 6.45) is 0.840. The third kappa shape index (κ3) is 2.40. The quantitative estimate of drug-likeness (QED) is 0.742. The van der Waals surface area contributed by atoms with Gasteiger partial charge in [0, 0.05) is 11.1 Å². The highest BCUT2D eigenvalue weighted by Gasteiger charge is 2.14. The molecule has 0 saturated heterocycles. The fourth-order valence-electron chi connectivity index (χ4n) is 1.84. The molecular formula is C15H13ClO. The summed E-state index contributed by atoms with van der Waals surface area (Å²) >= 11 is 6.04. The Kier molecular flexibility index (Phi) is 3.60. The SMILES string of the molecule is CCc1ccccc1C(=O)c1ccccc1Cl. The summed E-state index contributed by atoms with van der Waals surface area (Å²) in [6, 6.07) is 14.8. The summed E-state index contributed by atoms with van der Waals surface area (Å²) in [5.41, 5.74) is 2.36. The largest absolute Gasteiger partial charge is 0.289 e. The van der Waals surface area contributed by atoms with Gasteiger partial charge in [-0.25, -0.2) is 0 Å². The van der Waals surface area contributed by atoms with Crippen molar-refractivity contribution >= 4 is 17.4 Å². The van der Waals surface area contributed by atoms with Gasteiger partial charge >= 0.3 is 0 Å². The Morgan fingerprint density at radius 1 is 1.00 bits per heavy atom. The van der Waals surface area contributed by atoms with Crippen LogP contribution in [0.25, 0.3) is 0 Å². The molecule has 0 unspecified atom stereocenters. The van der Waals surface area contributed by atoms with E-state index in [1.807, 2.05) is 43.3 Å². The molecule has 0 amide bonds. The zero-order valence-corrected chi connectivity index (χ0v) is 10.4. The second-order valence-electron chi connectivity index (χ2n) is 3.82. The molecule has 2 rings (SSSR count). The van der Waals surface area contributed by atoms with E-state index in [4.69, 9.17) is 11.6 Å². The van der Waals surface area contributed by atoms with E-state index in [-0.39, 0.29) is 5.78 Å². The average Bonchev–Trinajstić information content (AvgIpc) is 2.38. The third-order valence-electron chi connectivity index (χ3n) is 2.76. The monoisotopic (exact) mass is 244 g/mol. The van der Waals surface area contributed by atoms with E-state index in [0.717, 1.165) is 17.5 Å². The molecule has 0 aliphatic carbocycles. The van der Waals surface area contributed by atoms with Crippen molar-refractivity contribution in [2.75, 3.05) is 0 Å². The first-order valence-corrected chi connectivity index (χ1v) is 5.99. The van der Waals surface area contributed by atoms with Crippen LogP contribution in [0.4, 0.5) is 0 Å². The summed E-state index contributed by atoms with van der Waals surface area (Å²) in [7, 11) is 0. The molecule has 0 aliphatic heterocycles. The lowest BCUT2D eigenvalue weighted by Crippen LogP contribution is -2.05. The minimum atomic E-state index is -0.00644. The highest BCUT2D eigenvalue weighted by molar-refractivity contribution is 6.35. The van der Waals surface area contributed by atoms with Crippen LogP contribution in [-0.2, 0) is 6.42 Å². The molecule has 0 radical (unpaired) electrons. The maximum Gasteiger partial charge on any atom is 0.194 e. The molecule has 2 aromatic carbocycles. The molecule has 0 aliphatic rings. The number of hydrogen-bond acceptors (Lipinski definition) is 1. The molecule has 0 spiro atoms. The molecule has 0 bridgehead atoms. The molecule has 0 N–H and O–H groups in total. The molecule has 0 heterocycles. The summed E-state index contributed by atoms with van der Waals surface area (Å²) in [5, 5.41) is 0.503. The summed E-state index contributed by atoms with van der Waals surface area (Å²) in [5.74, 6) is -0.00644. The second kappa shape index (κ2) is 5.15. The number of carbonyl (C=O) groups excluding carboxylic acids is 1. The van der Waals surface area contributed by atoms with E-state index in [1.54, 1.807) is 12.1 Å². The van der Waals surface area contributed by atoms with Crippen LogP contribution in [0.1, 0.15) is 28.4 Å². The van der Waals surface area contributed by atoms with Crippen molar-refractivity contribution in [3.05, 3.63) is 70.2 Å². The van der Waals surface area contributed by atoms with Crippen LogP contribution >= 0.6 is 11.6 Å². The van der Waals surface area contributed by atoms with Crippen molar-refractivity contribution in [3.8, 4) is 0 Å². The maximum atomic E-state index is 12.4. The van der Waals surface area contributed by atoms with Crippen LogP contribution in [-0.4, -0.2) is 5.78 Å². The van der Waals surface area contributed by atoms with E-state index >= 15 is 0 Å². The topological polar surface area (TPSA) is 17.1 Å². The molecule has 17 heavy (non-hydrogen) atoms. The number of rotatable bonds is 3. The number of aryl methyl sites for hydroxylation is 1. The number of benzene rings is 2. The van der Waals surface area contributed by atoms with Gasteiger partial charge in [0.2, 0.25) is 0 Å². The highest BCUT2D eigenvalue weighted by Crippen LogP contribution is 2.21. The predicted molar refractivity (Wildman–Crippen MR) is 70.7 cm³/mol. The van der Waals surface area contributed by atoms with E-state index in [1.165, 1.54) is 0 Å². The van der Waals surface area contributed by atoms with Gasteiger partial charge in [0.15, 0.2) is 5.78 Å². The fraction of sp³-hybridized carbons (Fsp3) is 0.133. The Morgan fingerprint density at radius 2 is 1.59 bits per heavy atom. The number of halogens is 1. The number of ketones is 1. The predicted octanol–water partition coefficient (Wildman–Crippen LogP) is 4.13. The van der Waals surface area contributed by atoms with Gasteiger partial charge in [-0.05, 0) is 24.1 Å². The second-order valence-corrected chi connectivity index (χ2v) is 4.23. The Balaban J connectivity index is 2.48. The zero-order chi connectivity index (χ0) is 12.3. The first-order chi connectivity index (χ1) is 8.24. The van der Waals surface area contributed by atoms with Gasteiger partial charge in [0.1, 0.15) is 0 Å². The average molecular weight is 245 g/mol. The molecule has 0 aromatic heterocycles. The highest BCUT2D eigenvalue weighted by atomic mass is 35.5. The maximum absolute atomic E-state index is 12.4. The van der Waals surface area contributed by atoms with Crippen LogP contribution in [0.15, 0.2) is 48.5 Å². The summed E-state index contributed by atoms with van der Waals surface area (Å²) < 4.78 is 0. The lowest BCUT2D eigenvalue weighted by Gasteiger charge is -2.07. The number of hydrogen-bond donors (Lipinski definition) is 0. The molecule has 2 heteroatoms. The van der Waals surface area contributed by atoms with Gasteiger partial charge in [0.05, 0.1) is 5.02 Å². The van der Waals surface area contributed by atoms with Crippen LogP contribution in [0.3, 0.4) is 0 Å². The lowest BCUT2D eigenvalue weighted by atomic mass is 9.97. The molecule has 0 fully saturated rings. The molecular weight excluding hydrogens is 232 g/mol. The Hall–Kier alpha value is -1.60. The first kappa shape index (κ1) is 11.9. The third-order valence-corrected chi connectivity index (χ3v) is 3.09. The molecule has 0 saturated carbocycles. The standard InChI is InChI=1S/C15H13ClO/c1-2-11-7-3-4-8-12(11)15(17)13-9-5-6-10-14(13)16/h3-10H,2H2,1H3. The Bertz CT molecular complexity index is 546. The van der Waals surface area contributed by atoms with Crippen molar-refractivity contribution in [3.63, 3.8) is 0 Å².